The molecule has 28 heavy (non-hydrogen) atoms. The van der Waals surface area contributed by atoms with Gasteiger partial charge in [0.1, 0.15) is 5.75 Å². The predicted octanol–water partition coefficient (Wildman–Crippen LogP) is 5.42. The smallest absolute Gasteiger partial charge is 0.497 e. The molecule has 1 aliphatic carbocycles. The van der Waals surface area contributed by atoms with Gasteiger partial charge in [-0.05, 0) is 60.7 Å². The lowest BCUT2D eigenvalue weighted by atomic mass is 9.99. The van der Waals surface area contributed by atoms with Crippen LogP contribution in [0.15, 0.2) is 42.5 Å². The molecule has 0 aliphatic heterocycles. The molecule has 0 radical (unpaired) electrons. The van der Waals surface area contributed by atoms with E-state index in [1.807, 2.05) is 0 Å². The Kier molecular flexibility index (Phi) is 5.63. The fraction of sp³-hybridized carbons (Fsp3) is 0.263. The quantitative estimate of drug-likeness (QED) is 0.478. The van der Waals surface area contributed by atoms with Crippen LogP contribution in [-0.2, 0) is 20.7 Å². The number of hydrogen-bond acceptors (Lipinski definition) is 4. The molecule has 0 saturated carbocycles. The Morgan fingerprint density at radius 2 is 1.71 bits per heavy atom. The van der Waals surface area contributed by atoms with Crippen molar-refractivity contribution in [2.24, 2.45) is 0 Å². The number of rotatable bonds is 4. The highest BCUT2D eigenvalue weighted by molar-refractivity contribution is 7.87. The number of hydrogen-bond donors (Lipinski definition) is 0. The summed E-state index contributed by atoms with van der Waals surface area (Å²) >= 11 is 5.89. The first kappa shape index (κ1) is 20.5. The molecule has 0 fully saturated rings. The number of methoxy groups -OCH3 is 1. The Balaban J connectivity index is 2.23. The van der Waals surface area contributed by atoms with Crippen LogP contribution in [0.5, 0.6) is 5.75 Å². The molecule has 0 spiro atoms. The first-order chi connectivity index (χ1) is 13.1. The third kappa shape index (κ3) is 4.12. The van der Waals surface area contributed by atoms with Crippen molar-refractivity contribution in [2.75, 3.05) is 7.11 Å². The molecule has 150 valence electrons. The largest absolute Gasteiger partial charge is 0.534 e. The topological polar surface area (TPSA) is 52.6 Å². The third-order valence-electron chi connectivity index (χ3n) is 4.37. The second kappa shape index (κ2) is 7.67. The van der Waals surface area contributed by atoms with Crippen molar-refractivity contribution in [1.29, 1.82) is 0 Å². The summed E-state index contributed by atoms with van der Waals surface area (Å²) in [5.74, 6) is 0.196. The van der Waals surface area contributed by atoms with Crippen molar-refractivity contribution in [3.05, 3.63) is 64.2 Å². The van der Waals surface area contributed by atoms with Crippen LogP contribution in [0, 0.1) is 0 Å². The van der Waals surface area contributed by atoms with E-state index in [4.69, 9.17) is 16.3 Å². The second-order valence-corrected chi connectivity index (χ2v) is 8.15. The minimum Gasteiger partial charge on any atom is -0.497 e. The Morgan fingerprint density at radius 3 is 2.32 bits per heavy atom. The van der Waals surface area contributed by atoms with Crippen molar-refractivity contribution in [1.82, 2.24) is 0 Å². The zero-order valence-corrected chi connectivity index (χ0v) is 16.3. The fourth-order valence-electron chi connectivity index (χ4n) is 3.04. The molecule has 3 rings (SSSR count). The molecule has 9 heteroatoms. The van der Waals surface area contributed by atoms with Gasteiger partial charge in [0.2, 0.25) is 0 Å². The minimum atomic E-state index is -5.84. The normalized spacial score (nSPS) is 15.0. The number of alkyl halides is 3. The zero-order chi connectivity index (χ0) is 20.5. The Hall–Kier alpha value is -2.19. The molecule has 2 aromatic carbocycles. The summed E-state index contributed by atoms with van der Waals surface area (Å²) in [4.78, 5) is 0. The lowest BCUT2D eigenvalue weighted by Crippen LogP contribution is -2.25. The van der Waals surface area contributed by atoms with Gasteiger partial charge >= 0.3 is 15.6 Å². The maximum Gasteiger partial charge on any atom is 0.534 e. The van der Waals surface area contributed by atoms with E-state index >= 15 is 0 Å². The molecule has 0 bridgehead atoms. The summed E-state index contributed by atoms with van der Waals surface area (Å²) in [6.45, 7) is 0. The summed E-state index contributed by atoms with van der Waals surface area (Å²) in [6, 6.07) is 11.1. The monoisotopic (exact) mass is 432 g/mol. The van der Waals surface area contributed by atoms with Gasteiger partial charge in [-0.25, -0.2) is 0 Å². The van der Waals surface area contributed by atoms with E-state index in [0.29, 0.717) is 46.7 Å². The van der Waals surface area contributed by atoms with Gasteiger partial charge in [0.15, 0.2) is 5.76 Å². The molecule has 0 aromatic heterocycles. The van der Waals surface area contributed by atoms with Crippen LogP contribution in [-0.4, -0.2) is 21.0 Å². The predicted molar refractivity (Wildman–Crippen MR) is 100 cm³/mol. The van der Waals surface area contributed by atoms with Crippen LogP contribution >= 0.6 is 11.6 Å². The molecular weight excluding hydrogens is 417 g/mol. The van der Waals surface area contributed by atoms with Crippen LogP contribution < -0.4 is 4.74 Å². The fourth-order valence-corrected chi connectivity index (χ4v) is 3.67. The maximum absolute atomic E-state index is 13.0. The molecule has 2 aromatic rings. The molecule has 0 unspecified atom stereocenters. The van der Waals surface area contributed by atoms with Gasteiger partial charge < -0.3 is 8.92 Å². The van der Waals surface area contributed by atoms with Gasteiger partial charge in [-0.15, -0.1) is 0 Å². The number of benzene rings is 2. The number of fused-ring (bicyclic) bond motifs is 1. The van der Waals surface area contributed by atoms with Crippen LogP contribution in [0.4, 0.5) is 13.2 Å². The molecule has 0 N–H and O–H groups in total. The Bertz CT molecular complexity index is 1010. The molecule has 0 heterocycles. The Labute approximate surface area is 165 Å². The van der Waals surface area contributed by atoms with E-state index in [2.05, 4.69) is 4.18 Å². The molecular formula is C19H16ClF3O4S. The SMILES string of the molecule is COc1ccc2c(c1)CCCC(c1ccc(Cl)cc1)=C2OS(=O)(=O)C(F)(F)F. The first-order valence-electron chi connectivity index (χ1n) is 8.29. The lowest BCUT2D eigenvalue weighted by Gasteiger charge is -2.18. The Morgan fingerprint density at radius 1 is 1.04 bits per heavy atom. The van der Waals surface area contributed by atoms with E-state index in [0.717, 1.165) is 0 Å². The third-order valence-corrected chi connectivity index (χ3v) is 5.58. The number of halogens is 4. The van der Waals surface area contributed by atoms with Crippen molar-refractivity contribution < 1.29 is 30.5 Å². The van der Waals surface area contributed by atoms with Crippen molar-refractivity contribution in [3.63, 3.8) is 0 Å². The van der Waals surface area contributed by atoms with E-state index in [1.165, 1.54) is 13.2 Å². The van der Waals surface area contributed by atoms with Gasteiger partial charge in [-0.1, -0.05) is 23.7 Å². The van der Waals surface area contributed by atoms with Crippen LogP contribution in [0.2, 0.25) is 5.02 Å². The van der Waals surface area contributed by atoms with E-state index in [-0.39, 0.29) is 11.3 Å². The van der Waals surface area contributed by atoms with E-state index in [9.17, 15) is 21.6 Å². The van der Waals surface area contributed by atoms with Crippen LogP contribution in [0.1, 0.15) is 29.5 Å². The van der Waals surface area contributed by atoms with Gasteiger partial charge in [0, 0.05) is 16.2 Å². The molecule has 4 nitrogen and oxygen atoms in total. The summed E-state index contributed by atoms with van der Waals surface area (Å²) in [5, 5.41) is 0.452. The van der Waals surface area contributed by atoms with E-state index < -0.39 is 15.6 Å². The maximum atomic E-state index is 13.0. The van der Waals surface area contributed by atoms with Gasteiger partial charge in [-0.2, -0.15) is 21.6 Å². The second-order valence-electron chi connectivity index (χ2n) is 6.17. The van der Waals surface area contributed by atoms with Gasteiger partial charge in [0.25, 0.3) is 0 Å². The molecule has 1 aliphatic rings. The highest BCUT2D eigenvalue weighted by Crippen LogP contribution is 2.40. The first-order valence-corrected chi connectivity index (χ1v) is 10.1. The average Bonchev–Trinajstić information content (AvgIpc) is 2.80. The number of ether oxygens (including phenoxy) is 1. The lowest BCUT2D eigenvalue weighted by molar-refractivity contribution is -0.0509. The minimum absolute atomic E-state index is 0.288. The number of allylic oxidation sites excluding steroid dienone is 1. The van der Waals surface area contributed by atoms with E-state index in [1.54, 1.807) is 36.4 Å². The summed E-state index contributed by atoms with van der Waals surface area (Å²) in [6.07, 6.45) is 1.46. The average molecular weight is 433 g/mol. The van der Waals surface area contributed by atoms with Crippen LogP contribution in [0.25, 0.3) is 11.3 Å². The van der Waals surface area contributed by atoms with Crippen LogP contribution in [0.3, 0.4) is 0 Å². The van der Waals surface area contributed by atoms with Gasteiger partial charge in [0.05, 0.1) is 7.11 Å². The summed E-state index contributed by atoms with van der Waals surface area (Å²) < 4.78 is 72.4. The van der Waals surface area contributed by atoms with Crippen molar-refractivity contribution >= 4 is 33.1 Å². The molecule has 0 saturated heterocycles. The van der Waals surface area contributed by atoms with Gasteiger partial charge in [-0.3, -0.25) is 0 Å². The van der Waals surface area contributed by atoms with Crippen molar-refractivity contribution in [2.45, 2.75) is 24.8 Å². The van der Waals surface area contributed by atoms with Crippen molar-refractivity contribution in [3.8, 4) is 5.75 Å². The molecule has 0 atom stereocenters. The number of aryl methyl sites for hydroxylation is 1. The molecule has 0 amide bonds. The highest BCUT2D eigenvalue weighted by Gasteiger charge is 2.49. The zero-order valence-electron chi connectivity index (χ0n) is 14.7. The summed E-state index contributed by atoms with van der Waals surface area (Å²) in [7, 11) is -4.37. The highest BCUT2D eigenvalue weighted by atomic mass is 35.5. The summed E-state index contributed by atoms with van der Waals surface area (Å²) in [5.41, 5.74) is -3.69. The standard InChI is InChI=1S/C19H16ClF3O4S/c1-26-15-9-10-17-13(11-15)3-2-4-16(12-5-7-14(20)8-6-12)18(17)27-28(24,25)19(21,22)23/h5-11H,2-4H2,1H3.